The monoisotopic (exact) mass is 1480 g/mol. The fourth-order valence-electron chi connectivity index (χ4n) is 12.7. The maximum absolute atomic E-state index is 12.5. The number of aryl methyl sites for hydroxylation is 12. The zero-order valence-corrected chi connectivity index (χ0v) is 68.3. The minimum Gasteiger partial charge on any atom is -0.481 e. The molecule has 0 atom stereocenters. The topological polar surface area (TPSA) is 293 Å². The lowest BCUT2D eigenvalue weighted by Gasteiger charge is -2.32. The molecule has 27 nitrogen and oxygen atoms in total. The van der Waals surface area contributed by atoms with Crippen molar-refractivity contribution in [2.45, 2.75) is 142 Å². The van der Waals surface area contributed by atoms with E-state index in [1.807, 2.05) is 199 Å². The van der Waals surface area contributed by atoms with Crippen LogP contribution in [0.3, 0.4) is 0 Å². The summed E-state index contributed by atoms with van der Waals surface area (Å²) in [4.78, 5) is 78.5. The van der Waals surface area contributed by atoms with Crippen LogP contribution in [0.15, 0.2) is 75.7 Å². The fraction of sp³-hybridized carbons (Fsp3) is 0.412. The van der Waals surface area contributed by atoms with E-state index in [1.165, 1.54) is 47.4 Å². The van der Waals surface area contributed by atoms with Crippen molar-refractivity contribution in [1.82, 2.24) is 57.2 Å². The first-order valence-corrected chi connectivity index (χ1v) is 35.1. The summed E-state index contributed by atoms with van der Waals surface area (Å²) < 4.78 is 43.8. The van der Waals surface area contributed by atoms with Crippen LogP contribution in [-0.2, 0) is 58.0 Å². The average Bonchev–Trinajstić information content (AvgIpc) is 1.58. The Balaban J connectivity index is 0.000000177. The lowest BCUT2D eigenvalue weighted by molar-refractivity contribution is -0.386. The number of hydrogen-bond acceptors (Lipinski definition) is 18. The molecule has 576 valence electrons. The van der Waals surface area contributed by atoms with Crippen LogP contribution in [-0.4, -0.2) is 128 Å². The predicted molar refractivity (Wildman–Crippen MR) is 430 cm³/mol. The van der Waals surface area contributed by atoms with Crippen LogP contribution >= 0.6 is 0 Å². The van der Waals surface area contributed by atoms with E-state index in [-0.39, 0.29) is 39.8 Å². The maximum atomic E-state index is 12.5. The average molecular weight is 1480 g/mol. The maximum Gasteiger partial charge on any atom is 0.497 e. The van der Waals surface area contributed by atoms with Crippen LogP contribution in [0.1, 0.15) is 123 Å². The molecular weight excluding hydrogens is 1380 g/mol. The smallest absolute Gasteiger partial charge is 0.481 e. The number of hydrogen-bond donors (Lipinski definition) is 1. The van der Waals surface area contributed by atoms with Gasteiger partial charge >= 0.3 is 18.5 Å². The van der Waals surface area contributed by atoms with Crippen molar-refractivity contribution in [3.63, 3.8) is 0 Å². The summed E-state index contributed by atoms with van der Waals surface area (Å²) in [5, 5.41) is 26.1. The molecule has 11 aromatic heterocycles. The second-order valence-electron chi connectivity index (χ2n) is 28.3. The fourth-order valence-corrected chi connectivity index (χ4v) is 12.7. The summed E-state index contributed by atoms with van der Waals surface area (Å²) in [6.45, 7) is 35.2. The van der Waals surface area contributed by atoms with Crippen molar-refractivity contribution in [3.8, 4) is 23.5 Å². The molecular formula is C80H105BN14O13. The number of ether oxygens (including phenoxy) is 4. The van der Waals surface area contributed by atoms with Crippen LogP contribution in [0, 0.1) is 117 Å². The van der Waals surface area contributed by atoms with E-state index in [9.17, 15) is 34.6 Å². The number of fused-ring (bicyclic) bond motifs is 5. The Morgan fingerprint density at radius 2 is 0.917 bits per heavy atom. The molecule has 0 aromatic carbocycles. The van der Waals surface area contributed by atoms with Gasteiger partial charge < -0.3 is 65.5 Å². The van der Waals surface area contributed by atoms with Crippen LogP contribution in [0.25, 0.3) is 55.8 Å². The lowest BCUT2D eigenvalue weighted by atomic mass is 9.75. The van der Waals surface area contributed by atoms with Crippen molar-refractivity contribution in [2.75, 3.05) is 42.5 Å². The highest BCUT2D eigenvalue weighted by Gasteiger charge is 2.53. The van der Waals surface area contributed by atoms with Crippen molar-refractivity contribution in [3.05, 3.63) is 208 Å². The van der Waals surface area contributed by atoms with E-state index in [0.29, 0.717) is 22.5 Å². The van der Waals surface area contributed by atoms with Gasteiger partial charge in [0.1, 0.15) is 22.1 Å². The SMILES string of the molecule is COc1nc(C)c(C)c(/C=C/N(C)C)c1[N+](=O)[O-].COc1nc(C)c(C)c(C)c1[N+](=O)[O-].COc1nc(C)c(C)c2c1CC=C2.COc1nc(C)c(C)c2ccn(C)c12.Cc1[nH]c(=O)c2c(ccn2C)c1C.Cc1c(B2OC(C)(C)C(C)(C)O2)c2ccn(C)c2c(=O)n1C.Cc1c(C)n(C)c(=O)c2c1ccn2C. The third kappa shape index (κ3) is 16.8. The third-order valence-corrected chi connectivity index (χ3v) is 21.0. The highest BCUT2D eigenvalue weighted by atomic mass is 16.7. The van der Waals surface area contributed by atoms with Gasteiger partial charge in [-0.1, -0.05) is 12.2 Å². The first kappa shape index (κ1) is 84.1. The van der Waals surface area contributed by atoms with Crippen LogP contribution in [0.5, 0.6) is 23.5 Å². The van der Waals surface area contributed by atoms with E-state index < -0.39 is 28.2 Å². The summed E-state index contributed by atoms with van der Waals surface area (Å²) in [6.07, 6.45) is 16.5. The molecule has 0 radical (unpaired) electrons. The Kier molecular flexibility index (Phi) is 26.3. The van der Waals surface area contributed by atoms with Crippen LogP contribution < -0.4 is 41.1 Å². The highest BCUT2D eigenvalue weighted by molar-refractivity contribution is 6.65. The number of aromatic amines is 1. The molecule has 1 aliphatic heterocycles. The molecule has 28 heteroatoms. The molecule has 11 aromatic rings. The molecule has 0 unspecified atom stereocenters. The largest absolute Gasteiger partial charge is 0.497 e. The number of nitro groups is 2. The van der Waals surface area contributed by atoms with Gasteiger partial charge in [-0.25, -0.2) is 19.9 Å². The molecule has 1 N–H and O–H groups in total. The zero-order chi connectivity index (χ0) is 81.0. The molecule has 108 heavy (non-hydrogen) atoms. The van der Waals surface area contributed by atoms with Gasteiger partial charge in [0.2, 0.25) is 11.8 Å². The van der Waals surface area contributed by atoms with Crippen molar-refractivity contribution in [1.29, 1.82) is 0 Å². The van der Waals surface area contributed by atoms with Crippen molar-refractivity contribution < 1.29 is 38.1 Å². The molecule has 0 saturated carbocycles. The normalized spacial score (nSPS) is 12.9. The number of rotatable bonds is 9. The van der Waals surface area contributed by atoms with E-state index in [0.717, 1.165) is 107 Å². The molecule has 1 saturated heterocycles. The standard InChI is InChI=1S/C16H23BN2O3.C12H17N3O3.2C11H14N2O.C11H13NO.C10H12N2O.C9H12N2O3/c1-10-12(17-21-15(2,3)16(4,5)22-17)11-8-9-18(6)13(11)14(20)19(10)7;1-8-9(2)13-12(18-5)11(15(16)17)10(8)6-7-14(3)4;1-7-8(2)12-11(14-4)10-9(7)5-6-13(10)3;1-7-8(2)13(4)11(14)10-9(7)5-6-12(10)3;1-7-8(2)12-11(13-3)10-6-4-5-9(7)10;1-6-7(2)11-10(13)9-8(6)4-5-12(9)3;1-5-6(2)8(11(12)13)9(14-4)10-7(5)3/h8-9H,1-7H3;6-7H,1-5H3;2*5-6H,1-4H3;4-5H,6H2,1-3H3;4-5H,1-3H3,(H,11,13);1-4H3/b;7-6+;;;;;. The second-order valence-corrected chi connectivity index (χ2v) is 28.3. The molecule has 12 heterocycles. The summed E-state index contributed by atoms with van der Waals surface area (Å²) >= 11 is 0. The summed E-state index contributed by atoms with van der Waals surface area (Å²) in [6, 6.07) is 8.04. The Morgan fingerprint density at radius 1 is 0.509 bits per heavy atom. The molecule has 0 spiro atoms. The number of methoxy groups -OCH3 is 4. The van der Waals surface area contributed by atoms with Gasteiger partial charge in [-0.15, -0.1) is 0 Å². The number of pyridine rings is 7. The van der Waals surface area contributed by atoms with Gasteiger partial charge in [0, 0.05) is 159 Å². The van der Waals surface area contributed by atoms with Gasteiger partial charge in [0.05, 0.1) is 55.1 Å². The Hall–Kier alpha value is -11.1. The summed E-state index contributed by atoms with van der Waals surface area (Å²) in [5.74, 6) is 1.61. The van der Waals surface area contributed by atoms with Crippen LogP contribution in [0.4, 0.5) is 11.4 Å². The lowest BCUT2D eigenvalue weighted by Crippen LogP contribution is -2.41. The zero-order valence-electron chi connectivity index (χ0n) is 68.3. The first-order chi connectivity index (χ1) is 50.5. The molecule has 2 aliphatic rings. The van der Waals surface area contributed by atoms with E-state index in [1.54, 1.807) is 63.4 Å². The quantitative estimate of drug-likeness (QED) is 0.0797. The molecule has 1 aliphatic carbocycles. The number of nitrogens with one attached hydrogen (secondary N) is 1. The second kappa shape index (κ2) is 33.8. The van der Waals surface area contributed by atoms with Crippen LogP contribution in [0.2, 0.25) is 0 Å². The van der Waals surface area contributed by atoms with Crippen molar-refractivity contribution >= 4 is 79.7 Å². The third-order valence-electron chi connectivity index (χ3n) is 21.0. The molecule has 1 fully saturated rings. The predicted octanol–water partition coefficient (Wildman–Crippen LogP) is 13.0. The Labute approximate surface area is 630 Å². The number of H-pyrrole nitrogens is 1. The van der Waals surface area contributed by atoms with E-state index in [2.05, 4.69) is 63.9 Å². The number of allylic oxidation sites excluding steroid dienone is 1. The summed E-state index contributed by atoms with van der Waals surface area (Å²) in [5.41, 5.74) is 19.9. The molecule has 13 rings (SSSR count). The van der Waals surface area contributed by atoms with Gasteiger partial charge in [0.25, 0.3) is 28.4 Å². The van der Waals surface area contributed by atoms with Gasteiger partial charge in [-0.2, -0.15) is 0 Å². The minimum absolute atomic E-state index is 0.000248. The van der Waals surface area contributed by atoms with E-state index >= 15 is 0 Å². The molecule has 0 bridgehead atoms. The minimum atomic E-state index is -0.471. The van der Waals surface area contributed by atoms with Gasteiger partial charge in [0.15, 0.2) is 0 Å². The molecule has 0 amide bonds. The first-order valence-electron chi connectivity index (χ1n) is 35.1. The number of nitrogens with zero attached hydrogens (tertiary/aromatic N) is 13. The van der Waals surface area contributed by atoms with Gasteiger partial charge in [-0.05, 0) is 207 Å². The highest BCUT2D eigenvalue weighted by Crippen LogP contribution is 2.39. The Morgan fingerprint density at radius 3 is 1.42 bits per heavy atom. The summed E-state index contributed by atoms with van der Waals surface area (Å²) in [7, 11) is 20.6. The van der Waals surface area contributed by atoms with E-state index in [4.69, 9.17) is 28.3 Å². The van der Waals surface area contributed by atoms with Crippen molar-refractivity contribution in [2.24, 2.45) is 42.3 Å². The number of aromatic nitrogens is 11. The Bertz CT molecular complexity index is 5510. The van der Waals surface area contributed by atoms with Gasteiger partial charge in [-0.3, -0.25) is 34.6 Å².